The number of benzene rings is 1. The fraction of sp³-hybridized carbons (Fsp3) is 0.610. The van der Waals surface area contributed by atoms with Crippen LogP contribution < -0.4 is 38.9 Å². The minimum Gasteiger partial charge on any atom is -0.481 e. The smallest absolute Gasteiger partial charge is 0.326 e. The molecule has 5 amide bonds. The van der Waals surface area contributed by atoms with E-state index in [-0.39, 0.29) is 43.6 Å². The van der Waals surface area contributed by atoms with Gasteiger partial charge >= 0.3 is 5.97 Å². The Labute approximate surface area is 356 Å². The number of carbonyl (C=O) groups excluding carboxylic acids is 5. The molecule has 61 heavy (non-hydrogen) atoms. The van der Waals surface area contributed by atoms with Crippen LogP contribution in [-0.2, 0) is 40.0 Å². The van der Waals surface area contributed by atoms with E-state index in [0.29, 0.717) is 71.0 Å². The third-order valence-electron chi connectivity index (χ3n) is 10.6. The number of rotatable bonds is 21. The molecule has 0 bridgehead atoms. The highest BCUT2D eigenvalue weighted by molar-refractivity contribution is 5.97. The van der Waals surface area contributed by atoms with Crippen molar-refractivity contribution in [2.45, 2.75) is 128 Å². The maximum atomic E-state index is 14.2. The standard InChI is InChI=1S/C39H61N11O7.C2H4O2/c1-23(2)20-29(47-34(52)31-14-8-18-49(31)36(54)26(41)11-7-17-44-39(42)43)33(51)46-28(13-5-6-16-40)37(55)50-19-9-15-32(50)35(53)48-30(38(56)57)21-24-22-45-27-12-4-3-10-25(24)27;1-2(3)4/h3-4,10,12,22-23,26,28-32,45H,5-9,11,13-21,40-41H2,1-2H3,(H,46,51)(H,47,52)(H,48,53)(H,56,57)(H4,42,43,44);1H3,(H,3,4)/t26-,28-,29-,30-,31-,32-;/m0./s1. The van der Waals surface area contributed by atoms with Crippen LogP contribution in [0, 0.1) is 5.92 Å². The number of unbranched alkanes of at least 4 members (excludes halogenated alkanes) is 1. The second kappa shape index (κ2) is 24.5. The summed E-state index contributed by atoms with van der Waals surface area (Å²) in [5.74, 6) is -4.61. The van der Waals surface area contributed by atoms with Crippen molar-refractivity contribution < 1.29 is 43.8 Å². The number of H-pyrrole nitrogens is 1. The molecule has 14 N–H and O–H groups in total. The predicted octanol–water partition coefficient (Wildman–Crippen LogP) is -0.122. The van der Waals surface area contributed by atoms with Crippen LogP contribution in [0.4, 0.5) is 0 Å². The first-order chi connectivity index (χ1) is 28.9. The van der Waals surface area contributed by atoms with Crippen LogP contribution in [0.15, 0.2) is 35.5 Å². The summed E-state index contributed by atoms with van der Waals surface area (Å²) in [5, 5.41) is 26.7. The fourth-order valence-electron chi connectivity index (χ4n) is 7.64. The van der Waals surface area contributed by atoms with E-state index in [1.807, 2.05) is 38.1 Å². The molecule has 1 aromatic heterocycles. The van der Waals surface area contributed by atoms with Gasteiger partial charge in [-0.15, -0.1) is 0 Å². The van der Waals surface area contributed by atoms with Crippen molar-refractivity contribution in [3.05, 3.63) is 36.0 Å². The highest BCUT2D eigenvalue weighted by atomic mass is 16.4. The Balaban J connectivity index is 0.00000237. The highest BCUT2D eigenvalue weighted by Gasteiger charge is 2.41. The zero-order valence-electron chi connectivity index (χ0n) is 35.4. The van der Waals surface area contributed by atoms with Crippen molar-refractivity contribution in [1.29, 1.82) is 0 Å². The lowest BCUT2D eigenvalue weighted by molar-refractivity contribution is -0.145. The molecular formula is C41H65N11O9. The number of nitrogens with zero attached hydrogens (tertiary/aromatic N) is 3. The molecule has 20 heteroatoms. The number of amides is 5. The molecule has 0 unspecified atom stereocenters. The maximum Gasteiger partial charge on any atom is 0.326 e. The van der Waals surface area contributed by atoms with E-state index in [1.165, 1.54) is 9.80 Å². The zero-order valence-corrected chi connectivity index (χ0v) is 35.4. The Morgan fingerprint density at radius 2 is 1.43 bits per heavy atom. The Morgan fingerprint density at radius 1 is 0.836 bits per heavy atom. The fourth-order valence-corrected chi connectivity index (χ4v) is 7.64. The summed E-state index contributed by atoms with van der Waals surface area (Å²) < 4.78 is 0. The van der Waals surface area contributed by atoms with Crippen LogP contribution in [0.3, 0.4) is 0 Å². The van der Waals surface area contributed by atoms with E-state index in [4.69, 9.17) is 32.8 Å². The predicted molar refractivity (Wildman–Crippen MR) is 228 cm³/mol. The van der Waals surface area contributed by atoms with Gasteiger partial charge in [-0.2, -0.15) is 0 Å². The number of nitrogens with one attached hydrogen (secondary N) is 4. The van der Waals surface area contributed by atoms with Gasteiger partial charge in [0.2, 0.25) is 29.5 Å². The monoisotopic (exact) mass is 855 g/mol. The van der Waals surface area contributed by atoms with Gasteiger partial charge in [-0.05, 0) is 88.3 Å². The van der Waals surface area contributed by atoms with E-state index in [0.717, 1.165) is 23.4 Å². The Bertz CT molecular complexity index is 1840. The molecule has 0 radical (unpaired) electrons. The first kappa shape index (κ1) is 49.6. The van der Waals surface area contributed by atoms with Crippen molar-refractivity contribution >= 4 is 58.3 Å². The number of likely N-dealkylation sites (tertiary alicyclic amines) is 2. The number of para-hydroxylation sites is 1. The van der Waals surface area contributed by atoms with E-state index in [9.17, 15) is 33.9 Å². The number of hydrogen-bond donors (Lipinski definition) is 10. The van der Waals surface area contributed by atoms with Crippen molar-refractivity contribution in [3.63, 3.8) is 0 Å². The molecule has 2 aliphatic heterocycles. The first-order valence-electron chi connectivity index (χ1n) is 20.9. The van der Waals surface area contributed by atoms with Crippen LogP contribution in [-0.4, -0.2) is 135 Å². The van der Waals surface area contributed by atoms with Gasteiger partial charge in [-0.3, -0.25) is 33.8 Å². The van der Waals surface area contributed by atoms with Crippen molar-refractivity contribution in [1.82, 2.24) is 30.7 Å². The number of aromatic amines is 1. The van der Waals surface area contributed by atoms with Gasteiger partial charge in [0.05, 0.1) is 6.04 Å². The summed E-state index contributed by atoms with van der Waals surface area (Å²) in [5.41, 5.74) is 24.3. The Morgan fingerprint density at radius 3 is 2.00 bits per heavy atom. The molecule has 0 aliphatic carbocycles. The number of aliphatic carboxylic acids is 2. The molecule has 4 rings (SSSR count). The molecule has 0 spiro atoms. The van der Waals surface area contributed by atoms with Crippen LogP contribution in [0.5, 0.6) is 0 Å². The number of hydrogen-bond acceptors (Lipinski definition) is 10. The second-order valence-electron chi connectivity index (χ2n) is 16.0. The molecule has 1 aromatic carbocycles. The van der Waals surface area contributed by atoms with Gasteiger partial charge in [-0.25, -0.2) is 4.79 Å². The van der Waals surface area contributed by atoms with E-state index in [2.05, 4.69) is 25.9 Å². The minimum atomic E-state index is -1.24. The number of aromatic nitrogens is 1. The molecule has 2 aliphatic rings. The summed E-state index contributed by atoms with van der Waals surface area (Å²) in [6.07, 6.45) is 5.97. The lowest BCUT2D eigenvalue weighted by Crippen LogP contribution is -2.59. The normalized spacial score (nSPS) is 18.0. The topological polar surface area (TPSA) is 335 Å². The van der Waals surface area contributed by atoms with Gasteiger partial charge in [0, 0.05) is 50.1 Å². The number of fused-ring (bicyclic) bond motifs is 1. The molecule has 2 fully saturated rings. The minimum absolute atomic E-state index is 0.0227. The molecule has 2 aromatic rings. The number of guanidine groups is 1. The summed E-state index contributed by atoms with van der Waals surface area (Å²) in [6.45, 7) is 6.17. The number of aliphatic imine (C=N–C) groups is 1. The SMILES string of the molecule is CC(=O)O.CC(C)C[C@H](NC(=O)[C@@H]1CCCN1C(=O)[C@@H](N)CCCN=C(N)N)C(=O)N[C@@H](CCCCN)C(=O)N1CCC[C@H]1C(=O)N[C@@H](Cc1c[nH]c2ccccc12)C(=O)O. The number of nitrogens with two attached hydrogens (primary N) is 4. The number of carboxylic acids is 2. The van der Waals surface area contributed by atoms with Gasteiger partial charge in [0.1, 0.15) is 30.2 Å². The van der Waals surface area contributed by atoms with Gasteiger partial charge in [0.15, 0.2) is 5.96 Å². The molecule has 3 heterocycles. The lowest BCUT2D eigenvalue weighted by Gasteiger charge is -2.31. The van der Waals surface area contributed by atoms with Crippen molar-refractivity contribution in [3.8, 4) is 0 Å². The third kappa shape index (κ3) is 15.3. The van der Waals surface area contributed by atoms with Gasteiger partial charge in [0.25, 0.3) is 5.97 Å². The number of carboxylic acid groups (broad SMARTS) is 2. The van der Waals surface area contributed by atoms with Crippen molar-refractivity contribution in [2.24, 2.45) is 33.8 Å². The van der Waals surface area contributed by atoms with Crippen molar-refractivity contribution in [2.75, 3.05) is 26.2 Å². The highest BCUT2D eigenvalue weighted by Crippen LogP contribution is 2.23. The van der Waals surface area contributed by atoms with E-state index in [1.54, 1.807) is 6.20 Å². The summed E-state index contributed by atoms with van der Waals surface area (Å²) in [7, 11) is 0. The summed E-state index contributed by atoms with van der Waals surface area (Å²) >= 11 is 0. The molecule has 6 atom stereocenters. The number of carbonyl (C=O) groups is 7. The van der Waals surface area contributed by atoms with Crippen LogP contribution in [0.2, 0.25) is 0 Å². The molecule has 0 saturated carbocycles. The van der Waals surface area contributed by atoms with Gasteiger partial charge in [-0.1, -0.05) is 32.0 Å². The lowest BCUT2D eigenvalue weighted by atomic mass is 10.0. The third-order valence-corrected chi connectivity index (χ3v) is 10.6. The molecule has 2 saturated heterocycles. The molecule has 338 valence electrons. The van der Waals surface area contributed by atoms with Crippen LogP contribution in [0.25, 0.3) is 10.9 Å². The van der Waals surface area contributed by atoms with Crippen LogP contribution in [0.1, 0.15) is 90.5 Å². The van der Waals surface area contributed by atoms with Crippen LogP contribution >= 0.6 is 0 Å². The Hall–Kier alpha value is -5.76. The quantitative estimate of drug-likeness (QED) is 0.0445. The largest absolute Gasteiger partial charge is 0.481 e. The van der Waals surface area contributed by atoms with Gasteiger partial charge < -0.3 is 63.9 Å². The first-order valence-corrected chi connectivity index (χ1v) is 20.9. The zero-order chi connectivity index (χ0) is 45.2. The second-order valence-corrected chi connectivity index (χ2v) is 16.0. The Kier molecular flexibility index (Phi) is 19.9. The summed E-state index contributed by atoms with van der Waals surface area (Å²) in [6, 6.07) is 1.56. The average molecular weight is 856 g/mol. The average Bonchev–Trinajstić information content (AvgIpc) is 3.98. The maximum absolute atomic E-state index is 14.2. The van der Waals surface area contributed by atoms with E-state index >= 15 is 0 Å². The molecular weight excluding hydrogens is 791 g/mol. The van der Waals surface area contributed by atoms with E-state index < -0.39 is 71.8 Å². The summed E-state index contributed by atoms with van der Waals surface area (Å²) in [4.78, 5) is 100. The molecule has 20 nitrogen and oxygen atoms in total.